The van der Waals surface area contributed by atoms with E-state index in [1.165, 1.54) is 0 Å². The summed E-state index contributed by atoms with van der Waals surface area (Å²) in [6, 6.07) is 24.8. The summed E-state index contributed by atoms with van der Waals surface area (Å²) in [6.45, 7) is 0.219. The Labute approximate surface area is 162 Å². The highest BCUT2D eigenvalue weighted by Gasteiger charge is 2.13. The van der Waals surface area contributed by atoms with Gasteiger partial charge in [0, 0.05) is 10.6 Å². The van der Waals surface area contributed by atoms with Gasteiger partial charge < -0.3 is 4.57 Å². The van der Waals surface area contributed by atoms with Gasteiger partial charge in [0.05, 0.1) is 17.6 Å². The van der Waals surface area contributed by atoms with Crippen LogP contribution in [0.15, 0.2) is 78.9 Å². The number of para-hydroxylation sites is 2. The van der Waals surface area contributed by atoms with Crippen LogP contribution in [-0.4, -0.2) is 15.3 Å². The molecule has 0 atom stereocenters. The number of ketones is 1. The van der Waals surface area contributed by atoms with Gasteiger partial charge in [0.25, 0.3) is 0 Å². The Bertz CT molecular complexity index is 1110. The number of aromatic nitrogens is 2. The third-order valence-electron chi connectivity index (χ3n) is 4.38. The molecule has 132 valence electrons. The van der Waals surface area contributed by atoms with Crippen LogP contribution in [0.1, 0.15) is 21.7 Å². The summed E-state index contributed by atoms with van der Waals surface area (Å²) in [7, 11) is 0. The molecule has 4 aromatic rings. The van der Waals surface area contributed by atoms with Gasteiger partial charge in [-0.25, -0.2) is 4.98 Å². The molecule has 0 aliphatic carbocycles. The maximum atomic E-state index is 12.8. The SMILES string of the molecule is O=C(Cn1c(/C=C/c2ccccc2)nc2ccccc21)c1ccc(Cl)cc1. The predicted octanol–water partition coefficient (Wildman–Crippen LogP) is 5.74. The van der Waals surface area contributed by atoms with Gasteiger partial charge in [-0.3, -0.25) is 4.79 Å². The van der Waals surface area contributed by atoms with Crippen LogP contribution in [0.2, 0.25) is 5.02 Å². The van der Waals surface area contributed by atoms with E-state index in [1.807, 2.05) is 71.3 Å². The van der Waals surface area contributed by atoms with Crippen molar-refractivity contribution in [2.24, 2.45) is 0 Å². The fraction of sp³-hybridized carbons (Fsp3) is 0.0435. The molecule has 3 aromatic carbocycles. The van der Waals surface area contributed by atoms with Crippen molar-refractivity contribution in [3.63, 3.8) is 0 Å². The Balaban J connectivity index is 1.71. The summed E-state index contributed by atoms with van der Waals surface area (Å²) in [5.74, 6) is 0.770. The average Bonchev–Trinajstić information content (AvgIpc) is 3.05. The fourth-order valence-electron chi connectivity index (χ4n) is 2.99. The van der Waals surface area contributed by atoms with E-state index in [9.17, 15) is 4.79 Å². The van der Waals surface area contributed by atoms with E-state index in [0.29, 0.717) is 10.6 Å². The van der Waals surface area contributed by atoms with Crippen LogP contribution in [0, 0.1) is 0 Å². The lowest BCUT2D eigenvalue weighted by molar-refractivity contribution is 0.0973. The molecule has 27 heavy (non-hydrogen) atoms. The van der Waals surface area contributed by atoms with Gasteiger partial charge in [-0.1, -0.05) is 60.1 Å². The van der Waals surface area contributed by atoms with Crippen LogP contribution in [0.4, 0.5) is 0 Å². The molecule has 4 heteroatoms. The van der Waals surface area contributed by atoms with E-state index in [0.717, 1.165) is 22.4 Å². The summed E-state index contributed by atoms with van der Waals surface area (Å²) in [6.07, 6.45) is 3.95. The zero-order valence-electron chi connectivity index (χ0n) is 14.5. The molecule has 0 N–H and O–H groups in total. The second-order valence-corrected chi connectivity index (χ2v) is 6.66. The normalized spacial score (nSPS) is 11.3. The summed E-state index contributed by atoms with van der Waals surface area (Å²) >= 11 is 5.93. The van der Waals surface area contributed by atoms with Crippen LogP contribution < -0.4 is 0 Å². The van der Waals surface area contributed by atoms with Crippen molar-refractivity contribution in [2.75, 3.05) is 0 Å². The third kappa shape index (κ3) is 3.83. The van der Waals surface area contributed by atoms with Gasteiger partial charge in [-0.15, -0.1) is 0 Å². The van der Waals surface area contributed by atoms with Gasteiger partial charge in [-0.05, 0) is 48.0 Å². The monoisotopic (exact) mass is 372 g/mol. The summed E-state index contributed by atoms with van der Waals surface area (Å²) in [5, 5.41) is 0.617. The van der Waals surface area contributed by atoms with Crippen molar-refractivity contribution in [3.8, 4) is 0 Å². The van der Waals surface area contributed by atoms with E-state index in [-0.39, 0.29) is 12.3 Å². The zero-order valence-corrected chi connectivity index (χ0v) is 15.3. The van der Waals surface area contributed by atoms with E-state index in [1.54, 1.807) is 24.3 Å². The highest BCUT2D eigenvalue weighted by Crippen LogP contribution is 2.19. The van der Waals surface area contributed by atoms with Crippen molar-refractivity contribution in [3.05, 3.63) is 101 Å². The predicted molar refractivity (Wildman–Crippen MR) is 111 cm³/mol. The van der Waals surface area contributed by atoms with Crippen molar-refractivity contribution >= 4 is 40.6 Å². The minimum atomic E-state index is 0.0178. The van der Waals surface area contributed by atoms with Gasteiger partial charge >= 0.3 is 0 Å². The molecule has 0 amide bonds. The first-order valence-electron chi connectivity index (χ1n) is 8.68. The number of halogens is 1. The van der Waals surface area contributed by atoms with Gasteiger partial charge in [-0.2, -0.15) is 0 Å². The molecular formula is C23H17ClN2O. The Kier molecular flexibility index (Phi) is 4.86. The number of benzene rings is 3. The fourth-order valence-corrected chi connectivity index (χ4v) is 3.12. The van der Waals surface area contributed by atoms with Crippen molar-refractivity contribution in [2.45, 2.75) is 6.54 Å². The third-order valence-corrected chi connectivity index (χ3v) is 4.63. The molecule has 0 bridgehead atoms. The Morgan fingerprint density at radius 3 is 2.37 bits per heavy atom. The minimum Gasteiger partial charge on any atom is -0.317 e. The molecule has 0 fully saturated rings. The first-order chi connectivity index (χ1) is 13.2. The lowest BCUT2D eigenvalue weighted by Crippen LogP contribution is -2.11. The van der Waals surface area contributed by atoms with Crippen molar-refractivity contribution < 1.29 is 4.79 Å². The number of hydrogen-bond acceptors (Lipinski definition) is 2. The Morgan fingerprint density at radius 2 is 1.59 bits per heavy atom. The van der Waals surface area contributed by atoms with Crippen LogP contribution in [0.3, 0.4) is 0 Å². The van der Waals surface area contributed by atoms with E-state index >= 15 is 0 Å². The maximum absolute atomic E-state index is 12.8. The molecule has 0 unspecified atom stereocenters. The van der Waals surface area contributed by atoms with Crippen LogP contribution >= 0.6 is 11.6 Å². The average molecular weight is 373 g/mol. The summed E-state index contributed by atoms with van der Waals surface area (Å²) in [5.41, 5.74) is 3.52. The molecule has 4 rings (SSSR count). The van der Waals surface area contributed by atoms with Crippen LogP contribution in [0.5, 0.6) is 0 Å². The number of hydrogen-bond donors (Lipinski definition) is 0. The molecule has 0 aliphatic rings. The molecule has 1 aromatic heterocycles. The second kappa shape index (κ2) is 7.60. The number of rotatable bonds is 5. The molecule has 0 aliphatic heterocycles. The second-order valence-electron chi connectivity index (χ2n) is 6.22. The molecule has 0 spiro atoms. The number of carbonyl (C=O) groups is 1. The summed E-state index contributed by atoms with van der Waals surface area (Å²) < 4.78 is 1.95. The highest BCUT2D eigenvalue weighted by molar-refractivity contribution is 6.30. The first kappa shape index (κ1) is 17.3. The number of nitrogens with zero attached hydrogens (tertiary/aromatic N) is 2. The molecule has 1 heterocycles. The first-order valence-corrected chi connectivity index (χ1v) is 9.06. The van der Waals surface area contributed by atoms with E-state index < -0.39 is 0 Å². The Hall–Kier alpha value is -3.17. The number of Topliss-reactive ketones (excluding diaryl/α,β-unsaturated/α-hetero) is 1. The van der Waals surface area contributed by atoms with Crippen LogP contribution in [-0.2, 0) is 6.54 Å². The number of imidazole rings is 1. The lowest BCUT2D eigenvalue weighted by Gasteiger charge is -2.07. The molecule has 0 saturated heterocycles. The Morgan fingerprint density at radius 1 is 0.889 bits per heavy atom. The smallest absolute Gasteiger partial charge is 0.182 e. The van der Waals surface area contributed by atoms with Crippen LogP contribution in [0.25, 0.3) is 23.2 Å². The van der Waals surface area contributed by atoms with Gasteiger partial charge in [0.1, 0.15) is 5.82 Å². The standard InChI is InChI=1S/C23H17ClN2O/c24-19-13-11-18(12-14-19)22(27)16-26-21-9-5-4-8-20(21)25-23(26)15-10-17-6-2-1-3-7-17/h1-15H,16H2/b15-10+. The minimum absolute atomic E-state index is 0.0178. The molecule has 0 saturated carbocycles. The molecule has 3 nitrogen and oxygen atoms in total. The zero-order chi connectivity index (χ0) is 18.6. The van der Waals surface area contributed by atoms with Gasteiger partial charge in [0.2, 0.25) is 0 Å². The quantitative estimate of drug-likeness (QED) is 0.418. The van der Waals surface area contributed by atoms with Crippen molar-refractivity contribution in [1.82, 2.24) is 9.55 Å². The molecule has 0 radical (unpaired) electrons. The van der Waals surface area contributed by atoms with E-state index in [4.69, 9.17) is 16.6 Å². The topological polar surface area (TPSA) is 34.9 Å². The number of fused-ring (bicyclic) bond motifs is 1. The van der Waals surface area contributed by atoms with Crippen molar-refractivity contribution in [1.29, 1.82) is 0 Å². The molecular weight excluding hydrogens is 356 g/mol. The lowest BCUT2D eigenvalue weighted by atomic mass is 10.1. The maximum Gasteiger partial charge on any atom is 0.182 e. The number of carbonyl (C=O) groups excluding carboxylic acids is 1. The summed E-state index contributed by atoms with van der Waals surface area (Å²) in [4.78, 5) is 17.5. The van der Waals surface area contributed by atoms with E-state index in [2.05, 4.69) is 0 Å². The van der Waals surface area contributed by atoms with Gasteiger partial charge in [0.15, 0.2) is 5.78 Å². The highest BCUT2D eigenvalue weighted by atomic mass is 35.5. The largest absolute Gasteiger partial charge is 0.317 e.